The van der Waals surface area contributed by atoms with Crippen LogP contribution in [0.4, 0.5) is 5.69 Å². The third kappa shape index (κ3) is 4.97. The van der Waals surface area contributed by atoms with Gasteiger partial charge >= 0.3 is 0 Å². The van der Waals surface area contributed by atoms with E-state index >= 15 is 0 Å². The number of hydrogen-bond donors (Lipinski definition) is 2. The highest BCUT2D eigenvalue weighted by Crippen LogP contribution is 2.17. The monoisotopic (exact) mass is 279 g/mol. The highest BCUT2D eigenvalue weighted by Gasteiger charge is 2.16. The minimum atomic E-state index is -0.527. The highest BCUT2D eigenvalue weighted by molar-refractivity contribution is 5.81. The smallest absolute Gasteiger partial charge is 0.272 e. The van der Waals surface area contributed by atoms with Crippen LogP contribution in [0.25, 0.3) is 0 Å². The number of nitrogens with two attached hydrogens (primary N) is 1. The molecule has 0 saturated heterocycles. The molecule has 1 aromatic carbocycles. The molecular formula is C14H21N3O3. The minimum Gasteiger partial charge on any atom is -0.354 e. The zero-order valence-electron chi connectivity index (χ0n) is 11.8. The lowest BCUT2D eigenvalue weighted by molar-refractivity contribution is -0.385. The van der Waals surface area contributed by atoms with E-state index in [9.17, 15) is 14.9 Å². The van der Waals surface area contributed by atoms with Gasteiger partial charge < -0.3 is 11.1 Å². The van der Waals surface area contributed by atoms with Crippen molar-refractivity contribution < 1.29 is 9.72 Å². The third-order valence-corrected chi connectivity index (χ3v) is 2.94. The lowest BCUT2D eigenvalue weighted by atomic mass is 10.0. The van der Waals surface area contributed by atoms with Gasteiger partial charge in [-0.2, -0.15) is 0 Å². The Balaban J connectivity index is 2.49. The van der Waals surface area contributed by atoms with E-state index in [4.69, 9.17) is 5.73 Å². The summed E-state index contributed by atoms with van der Waals surface area (Å²) in [6, 6.07) is 5.99. The van der Waals surface area contributed by atoms with E-state index in [2.05, 4.69) is 5.32 Å². The van der Waals surface area contributed by atoms with Gasteiger partial charge in [-0.15, -0.1) is 0 Å². The number of para-hydroxylation sites is 1. The average molecular weight is 279 g/mol. The maximum Gasteiger partial charge on any atom is 0.272 e. The van der Waals surface area contributed by atoms with E-state index < -0.39 is 11.0 Å². The summed E-state index contributed by atoms with van der Waals surface area (Å²) < 4.78 is 0. The fraction of sp³-hybridized carbons (Fsp3) is 0.500. The number of nitrogens with zero attached hydrogens (tertiary/aromatic N) is 1. The second kappa shape index (κ2) is 7.59. The van der Waals surface area contributed by atoms with E-state index in [0.717, 1.165) is 0 Å². The second-order valence-electron chi connectivity index (χ2n) is 5.16. The molecule has 1 aromatic rings. The molecule has 110 valence electrons. The summed E-state index contributed by atoms with van der Waals surface area (Å²) in [7, 11) is 0. The van der Waals surface area contributed by atoms with E-state index in [-0.39, 0.29) is 11.6 Å². The van der Waals surface area contributed by atoms with Crippen LogP contribution in [0.1, 0.15) is 25.8 Å². The fourth-order valence-electron chi connectivity index (χ4n) is 1.97. The molecule has 3 N–H and O–H groups in total. The molecule has 0 fully saturated rings. The van der Waals surface area contributed by atoms with Crippen molar-refractivity contribution in [3.8, 4) is 0 Å². The molecule has 0 bridgehead atoms. The SMILES string of the molecule is CC(C)C[C@H](N)C(=O)NCCc1ccccc1[N+](=O)[O-]. The molecule has 0 spiro atoms. The quantitative estimate of drug-likeness (QED) is 0.585. The third-order valence-electron chi connectivity index (χ3n) is 2.94. The molecule has 1 rings (SSSR count). The van der Waals surface area contributed by atoms with Crippen molar-refractivity contribution in [2.24, 2.45) is 11.7 Å². The standard InChI is InChI=1S/C14H21N3O3/c1-10(2)9-12(15)14(18)16-8-7-11-5-3-4-6-13(11)17(19)20/h3-6,10,12H,7-9,15H2,1-2H3,(H,16,18)/t12-/m0/s1. The number of rotatable bonds is 7. The van der Waals surface area contributed by atoms with E-state index in [1.165, 1.54) is 6.07 Å². The van der Waals surface area contributed by atoms with E-state index in [1.54, 1.807) is 18.2 Å². The minimum absolute atomic E-state index is 0.0771. The van der Waals surface area contributed by atoms with Gasteiger partial charge in [-0.05, 0) is 18.8 Å². The van der Waals surface area contributed by atoms with Gasteiger partial charge in [-0.25, -0.2) is 0 Å². The lowest BCUT2D eigenvalue weighted by Gasteiger charge is -2.14. The van der Waals surface area contributed by atoms with Crippen molar-refractivity contribution in [1.82, 2.24) is 5.32 Å². The summed E-state index contributed by atoms with van der Waals surface area (Å²) in [6.45, 7) is 4.34. The number of carbonyl (C=O) groups excluding carboxylic acids is 1. The summed E-state index contributed by atoms with van der Waals surface area (Å²) in [5.74, 6) is 0.142. The van der Waals surface area contributed by atoms with Crippen LogP contribution in [0.5, 0.6) is 0 Å². The molecule has 0 saturated carbocycles. The molecule has 20 heavy (non-hydrogen) atoms. The van der Waals surface area contributed by atoms with Crippen molar-refractivity contribution in [2.75, 3.05) is 6.54 Å². The predicted octanol–water partition coefficient (Wildman–Crippen LogP) is 1.63. The summed E-state index contributed by atoms with van der Waals surface area (Å²) in [5, 5.41) is 13.6. The Morgan fingerprint density at radius 1 is 1.40 bits per heavy atom. The van der Waals surface area contributed by atoms with Crippen molar-refractivity contribution in [3.63, 3.8) is 0 Å². The van der Waals surface area contributed by atoms with Crippen LogP contribution in [0.2, 0.25) is 0 Å². The van der Waals surface area contributed by atoms with Gasteiger partial charge in [0.25, 0.3) is 5.69 Å². The van der Waals surface area contributed by atoms with Gasteiger partial charge in [0.2, 0.25) is 5.91 Å². The summed E-state index contributed by atoms with van der Waals surface area (Å²) in [4.78, 5) is 22.1. The molecule has 0 aliphatic carbocycles. The van der Waals surface area contributed by atoms with Crippen LogP contribution < -0.4 is 11.1 Å². The Morgan fingerprint density at radius 2 is 2.05 bits per heavy atom. The Labute approximate surface area is 118 Å². The number of nitro benzene ring substituents is 1. The molecule has 1 amide bonds. The molecule has 6 nitrogen and oxygen atoms in total. The van der Waals surface area contributed by atoms with Gasteiger partial charge in [-0.1, -0.05) is 32.0 Å². The van der Waals surface area contributed by atoms with Crippen LogP contribution in [-0.4, -0.2) is 23.4 Å². The van der Waals surface area contributed by atoms with Gasteiger partial charge in [0, 0.05) is 18.2 Å². The molecule has 0 radical (unpaired) electrons. The van der Waals surface area contributed by atoms with Gasteiger partial charge in [-0.3, -0.25) is 14.9 Å². The molecule has 0 heterocycles. The normalized spacial score (nSPS) is 12.2. The predicted molar refractivity (Wildman–Crippen MR) is 77.2 cm³/mol. The highest BCUT2D eigenvalue weighted by atomic mass is 16.6. The second-order valence-corrected chi connectivity index (χ2v) is 5.16. The number of amides is 1. The first-order chi connectivity index (χ1) is 9.41. The largest absolute Gasteiger partial charge is 0.354 e. The topological polar surface area (TPSA) is 98.3 Å². The number of carbonyl (C=O) groups is 1. The number of benzene rings is 1. The summed E-state index contributed by atoms with van der Waals surface area (Å²) >= 11 is 0. The number of nitrogens with one attached hydrogen (secondary N) is 1. The molecule has 1 atom stereocenters. The van der Waals surface area contributed by atoms with Crippen LogP contribution in [0, 0.1) is 16.0 Å². The zero-order valence-corrected chi connectivity index (χ0v) is 11.8. The maximum absolute atomic E-state index is 11.7. The molecule has 6 heteroatoms. The van der Waals surface area contributed by atoms with Crippen LogP contribution in [-0.2, 0) is 11.2 Å². The fourth-order valence-corrected chi connectivity index (χ4v) is 1.97. The van der Waals surface area contributed by atoms with Crippen LogP contribution in [0.15, 0.2) is 24.3 Å². The summed E-state index contributed by atoms with van der Waals surface area (Å²) in [5.41, 5.74) is 6.44. The maximum atomic E-state index is 11.7. The van der Waals surface area contributed by atoms with Crippen molar-refractivity contribution in [3.05, 3.63) is 39.9 Å². The van der Waals surface area contributed by atoms with Gasteiger partial charge in [0.1, 0.15) is 0 Å². The molecular weight excluding hydrogens is 258 g/mol. The first-order valence-corrected chi connectivity index (χ1v) is 6.67. The van der Waals surface area contributed by atoms with Crippen LogP contribution >= 0.6 is 0 Å². The van der Waals surface area contributed by atoms with Crippen molar-refractivity contribution in [1.29, 1.82) is 0 Å². The number of nitro groups is 1. The Bertz CT molecular complexity index is 474. The lowest BCUT2D eigenvalue weighted by Crippen LogP contribution is -2.42. The zero-order chi connectivity index (χ0) is 15.1. The first kappa shape index (κ1) is 16.1. The van der Waals surface area contributed by atoms with Crippen molar-refractivity contribution in [2.45, 2.75) is 32.7 Å². The first-order valence-electron chi connectivity index (χ1n) is 6.67. The molecule has 0 aromatic heterocycles. The Kier molecular flexibility index (Phi) is 6.11. The molecule has 0 aliphatic rings. The molecule has 0 unspecified atom stereocenters. The van der Waals surface area contributed by atoms with Crippen molar-refractivity contribution >= 4 is 11.6 Å². The summed E-state index contributed by atoms with van der Waals surface area (Å²) in [6.07, 6.45) is 1.04. The Hall–Kier alpha value is -1.95. The molecule has 0 aliphatic heterocycles. The van der Waals surface area contributed by atoms with E-state index in [1.807, 2.05) is 13.8 Å². The van der Waals surface area contributed by atoms with E-state index in [0.29, 0.717) is 30.9 Å². The van der Waals surface area contributed by atoms with Gasteiger partial charge in [0.05, 0.1) is 11.0 Å². The van der Waals surface area contributed by atoms with Crippen LogP contribution in [0.3, 0.4) is 0 Å². The Morgan fingerprint density at radius 3 is 2.65 bits per heavy atom. The van der Waals surface area contributed by atoms with Gasteiger partial charge in [0.15, 0.2) is 0 Å². The average Bonchev–Trinajstić information content (AvgIpc) is 2.38. The number of hydrogen-bond acceptors (Lipinski definition) is 4.